The van der Waals surface area contributed by atoms with Gasteiger partial charge in [0.1, 0.15) is 0 Å². The van der Waals surface area contributed by atoms with Crippen LogP contribution in [0.3, 0.4) is 0 Å². The molecule has 5 nitrogen and oxygen atoms in total. The van der Waals surface area contributed by atoms with Crippen LogP contribution >= 0.6 is 0 Å². The number of aliphatic carboxylic acids is 1. The molecule has 0 aromatic heterocycles. The van der Waals surface area contributed by atoms with E-state index in [4.69, 9.17) is 9.84 Å². The number of amides is 1. The Morgan fingerprint density at radius 1 is 1.15 bits per heavy atom. The summed E-state index contributed by atoms with van der Waals surface area (Å²) in [4.78, 5) is 24.7. The van der Waals surface area contributed by atoms with Crippen LogP contribution in [0.5, 0.6) is 0 Å². The van der Waals surface area contributed by atoms with Crippen LogP contribution in [0.4, 0.5) is 0 Å². The first-order chi connectivity index (χ1) is 9.65. The molecule has 2 saturated heterocycles. The minimum atomic E-state index is -0.724. The number of ether oxygens (including phenoxy) is 1. The molecule has 0 aromatic carbocycles. The van der Waals surface area contributed by atoms with E-state index >= 15 is 0 Å². The fraction of sp³-hybridized carbons (Fsp3) is 0.867. The zero-order chi connectivity index (χ0) is 14.4. The first kappa shape index (κ1) is 15.3. The summed E-state index contributed by atoms with van der Waals surface area (Å²) in [6.07, 6.45) is 6.75. The molecule has 2 rings (SSSR count). The van der Waals surface area contributed by atoms with Gasteiger partial charge in [0.05, 0.1) is 12.5 Å². The zero-order valence-corrected chi connectivity index (χ0v) is 12.1. The van der Waals surface area contributed by atoms with E-state index in [0.29, 0.717) is 12.3 Å². The minimum Gasteiger partial charge on any atom is -0.481 e. The molecule has 0 spiro atoms. The molecule has 0 saturated carbocycles. The Morgan fingerprint density at radius 3 is 2.50 bits per heavy atom. The summed E-state index contributed by atoms with van der Waals surface area (Å²) < 4.78 is 5.61. The molecule has 0 radical (unpaired) electrons. The maximum atomic E-state index is 12.2. The summed E-state index contributed by atoms with van der Waals surface area (Å²) in [5.74, 6) is -0.0624. The number of carbonyl (C=O) groups excluding carboxylic acids is 1. The summed E-state index contributed by atoms with van der Waals surface area (Å²) in [6.45, 7) is 2.33. The highest BCUT2D eigenvalue weighted by molar-refractivity contribution is 5.76. The van der Waals surface area contributed by atoms with Gasteiger partial charge in [0.15, 0.2) is 0 Å². The van der Waals surface area contributed by atoms with Crippen molar-refractivity contribution in [1.82, 2.24) is 4.90 Å². The van der Waals surface area contributed by atoms with Crippen molar-refractivity contribution < 1.29 is 19.4 Å². The topological polar surface area (TPSA) is 66.8 Å². The summed E-state index contributed by atoms with van der Waals surface area (Å²) >= 11 is 0. The molecule has 5 heteroatoms. The van der Waals surface area contributed by atoms with Crippen molar-refractivity contribution in [2.75, 3.05) is 19.7 Å². The van der Waals surface area contributed by atoms with Crippen molar-refractivity contribution in [3.8, 4) is 0 Å². The normalized spacial score (nSPS) is 24.6. The average molecular weight is 283 g/mol. The monoisotopic (exact) mass is 283 g/mol. The summed E-state index contributed by atoms with van der Waals surface area (Å²) in [5.41, 5.74) is 0. The first-order valence-corrected chi connectivity index (χ1v) is 7.76. The third kappa shape index (κ3) is 4.78. The lowest BCUT2D eigenvalue weighted by molar-refractivity contribution is -0.139. The van der Waals surface area contributed by atoms with Crippen molar-refractivity contribution in [2.45, 2.75) is 57.5 Å². The lowest BCUT2D eigenvalue weighted by atomic mass is 9.92. The molecule has 114 valence electrons. The number of piperidine rings is 1. The maximum absolute atomic E-state index is 12.2. The van der Waals surface area contributed by atoms with E-state index in [1.165, 1.54) is 0 Å². The van der Waals surface area contributed by atoms with Crippen molar-refractivity contribution >= 4 is 11.9 Å². The Hall–Kier alpha value is -1.10. The Bertz CT molecular complexity index is 331. The first-order valence-electron chi connectivity index (χ1n) is 7.76. The SMILES string of the molecule is O=C(O)CCC1CCN(C(=O)CC2CCCCO2)CC1. The molecular formula is C15H25NO4. The van der Waals surface area contributed by atoms with Gasteiger partial charge in [-0.25, -0.2) is 0 Å². The van der Waals surface area contributed by atoms with E-state index in [1.807, 2.05) is 4.90 Å². The molecule has 0 aromatic rings. The molecule has 0 bridgehead atoms. The van der Waals surface area contributed by atoms with Crippen LogP contribution < -0.4 is 0 Å². The van der Waals surface area contributed by atoms with Crippen molar-refractivity contribution in [2.24, 2.45) is 5.92 Å². The fourth-order valence-electron chi connectivity index (χ4n) is 3.09. The standard InChI is InChI=1S/C15H25NO4/c17-14(11-13-3-1-2-10-20-13)16-8-6-12(7-9-16)4-5-15(18)19/h12-13H,1-11H2,(H,18,19). The van der Waals surface area contributed by atoms with Gasteiger partial charge in [-0.15, -0.1) is 0 Å². The maximum Gasteiger partial charge on any atom is 0.303 e. The number of carboxylic acid groups (broad SMARTS) is 1. The van der Waals surface area contributed by atoms with Gasteiger partial charge < -0.3 is 14.7 Å². The Labute approximate surface area is 120 Å². The molecule has 1 unspecified atom stereocenters. The highest BCUT2D eigenvalue weighted by Gasteiger charge is 2.25. The number of hydrogen-bond donors (Lipinski definition) is 1. The van der Waals surface area contributed by atoms with Crippen LogP contribution in [0.15, 0.2) is 0 Å². The third-order valence-electron chi connectivity index (χ3n) is 4.41. The van der Waals surface area contributed by atoms with E-state index in [0.717, 1.165) is 58.2 Å². The van der Waals surface area contributed by atoms with Gasteiger partial charge in [-0.1, -0.05) is 0 Å². The molecule has 1 N–H and O–H groups in total. The predicted molar refractivity (Wildman–Crippen MR) is 74.4 cm³/mol. The van der Waals surface area contributed by atoms with Crippen molar-refractivity contribution in [3.05, 3.63) is 0 Å². The largest absolute Gasteiger partial charge is 0.481 e. The molecular weight excluding hydrogens is 258 g/mol. The van der Waals surface area contributed by atoms with Crippen molar-refractivity contribution in [3.63, 3.8) is 0 Å². The number of carboxylic acids is 1. The molecule has 2 heterocycles. The van der Waals surface area contributed by atoms with Crippen molar-refractivity contribution in [1.29, 1.82) is 0 Å². The molecule has 2 fully saturated rings. The number of nitrogens with zero attached hydrogens (tertiary/aromatic N) is 1. The number of rotatable bonds is 5. The highest BCUT2D eigenvalue weighted by Crippen LogP contribution is 2.23. The Morgan fingerprint density at radius 2 is 1.90 bits per heavy atom. The quantitative estimate of drug-likeness (QED) is 0.838. The van der Waals surface area contributed by atoms with Gasteiger partial charge in [-0.05, 0) is 44.4 Å². The summed E-state index contributed by atoms with van der Waals surface area (Å²) in [5, 5.41) is 8.69. The van der Waals surface area contributed by atoms with Crippen LogP contribution in [0.2, 0.25) is 0 Å². The van der Waals surface area contributed by atoms with Crippen LogP contribution in [-0.2, 0) is 14.3 Å². The summed E-state index contributed by atoms with van der Waals surface area (Å²) in [6, 6.07) is 0. The lowest BCUT2D eigenvalue weighted by Crippen LogP contribution is -2.40. The second-order valence-corrected chi connectivity index (χ2v) is 5.95. The van der Waals surface area contributed by atoms with E-state index in [9.17, 15) is 9.59 Å². The molecule has 2 aliphatic rings. The van der Waals surface area contributed by atoms with Gasteiger partial charge in [0.2, 0.25) is 5.91 Å². The zero-order valence-electron chi connectivity index (χ0n) is 12.1. The number of carbonyl (C=O) groups is 2. The molecule has 1 atom stereocenters. The van der Waals surface area contributed by atoms with E-state index < -0.39 is 5.97 Å². The lowest BCUT2D eigenvalue weighted by Gasteiger charge is -2.33. The van der Waals surface area contributed by atoms with Crippen LogP contribution in [0, 0.1) is 5.92 Å². The van der Waals surface area contributed by atoms with E-state index in [2.05, 4.69) is 0 Å². The highest BCUT2D eigenvalue weighted by atomic mass is 16.5. The van der Waals surface area contributed by atoms with Crippen LogP contribution in [0.25, 0.3) is 0 Å². The number of hydrogen-bond acceptors (Lipinski definition) is 3. The molecule has 2 aliphatic heterocycles. The van der Waals surface area contributed by atoms with Crippen LogP contribution in [0.1, 0.15) is 51.4 Å². The Balaban J connectivity index is 1.67. The van der Waals surface area contributed by atoms with Gasteiger partial charge in [0, 0.05) is 26.1 Å². The fourth-order valence-corrected chi connectivity index (χ4v) is 3.09. The predicted octanol–water partition coefficient (Wildman–Crippen LogP) is 2.05. The molecule has 0 aliphatic carbocycles. The smallest absolute Gasteiger partial charge is 0.303 e. The Kier molecular flexibility index (Phi) is 5.83. The third-order valence-corrected chi connectivity index (χ3v) is 4.41. The summed E-state index contributed by atoms with van der Waals surface area (Å²) in [7, 11) is 0. The van der Waals surface area contributed by atoms with Crippen LogP contribution in [-0.4, -0.2) is 47.7 Å². The van der Waals surface area contributed by atoms with Gasteiger partial charge in [-0.3, -0.25) is 9.59 Å². The van der Waals surface area contributed by atoms with Gasteiger partial charge >= 0.3 is 5.97 Å². The number of likely N-dealkylation sites (tertiary alicyclic amines) is 1. The van der Waals surface area contributed by atoms with E-state index in [1.54, 1.807) is 0 Å². The molecule has 20 heavy (non-hydrogen) atoms. The van der Waals surface area contributed by atoms with E-state index in [-0.39, 0.29) is 18.4 Å². The second-order valence-electron chi connectivity index (χ2n) is 5.95. The second kappa shape index (κ2) is 7.62. The van der Waals surface area contributed by atoms with Gasteiger partial charge in [0.25, 0.3) is 0 Å². The van der Waals surface area contributed by atoms with Gasteiger partial charge in [-0.2, -0.15) is 0 Å². The molecule has 1 amide bonds. The average Bonchev–Trinajstić information content (AvgIpc) is 2.46. The minimum absolute atomic E-state index is 0.112.